The molecule has 156 valence electrons. The van der Waals surface area contributed by atoms with Gasteiger partial charge in [-0.2, -0.15) is 0 Å². The zero-order chi connectivity index (χ0) is 21.5. The van der Waals surface area contributed by atoms with E-state index in [4.69, 9.17) is 5.10 Å². The molecule has 5 rings (SSSR count). The van der Waals surface area contributed by atoms with Crippen molar-refractivity contribution in [2.24, 2.45) is 0 Å². The van der Waals surface area contributed by atoms with E-state index in [2.05, 4.69) is 25.9 Å². The molecule has 0 spiro atoms. The maximum absolute atomic E-state index is 13.7. The van der Waals surface area contributed by atoms with E-state index in [-0.39, 0.29) is 0 Å². The molecule has 4 heterocycles. The molecule has 0 saturated carbocycles. The monoisotopic (exact) mass is 416 g/mol. The summed E-state index contributed by atoms with van der Waals surface area (Å²) >= 11 is 0. The minimum Gasteiger partial charge on any atom is -0.388 e. The second-order valence-corrected chi connectivity index (χ2v) is 7.35. The molecule has 31 heavy (non-hydrogen) atoms. The van der Waals surface area contributed by atoms with Gasteiger partial charge in [-0.05, 0) is 32.0 Å². The first-order valence-electron chi connectivity index (χ1n) is 10.1. The minimum absolute atomic E-state index is 0.430. The molecule has 0 fully saturated rings. The number of H-pyrrole nitrogens is 1. The van der Waals surface area contributed by atoms with Crippen molar-refractivity contribution in [1.82, 2.24) is 24.6 Å². The summed E-state index contributed by atoms with van der Waals surface area (Å²) < 4.78 is 15.3. The second-order valence-electron chi connectivity index (χ2n) is 7.35. The van der Waals surface area contributed by atoms with Crippen LogP contribution >= 0.6 is 0 Å². The summed E-state index contributed by atoms with van der Waals surface area (Å²) in [5.41, 5.74) is 4.24. The molecule has 8 heteroatoms. The van der Waals surface area contributed by atoms with Crippen LogP contribution in [0.15, 0.2) is 61.2 Å². The quantitative estimate of drug-likeness (QED) is 0.437. The van der Waals surface area contributed by atoms with E-state index < -0.39 is 11.9 Å². The molecule has 1 atom stereocenters. The molecule has 4 aromatic heterocycles. The van der Waals surface area contributed by atoms with Crippen molar-refractivity contribution in [3.05, 3.63) is 72.6 Å². The Hall–Kier alpha value is -3.78. The number of nitrogens with one attached hydrogen (secondary N) is 1. The fraction of sp³-hybridized carbons (Fsp3) is 0.174. The van der Waals surface area contributed by atoms with Crippen molar-refractivity contribution in [2.75, 3.05) is 11.4 Å². The van der Waals surface area contributed by atoms with Crippen LogP contribution in [0.1, 0.15) is 25.5 Å². The number of hydrogen-bond donors (Lipinski definition) is 2. The van der Waals surface area contributed by atoms with Gasteiger partial charge in [-0.15, -0.1) is 5.10 Å². The summed E-state index contributed by atoms with van der Waals surface area (Å²) in [4.78, 5) is 13.9. The first kappa shape index (κ1) is 19.2. The lowest BCUT2D eigenvalue weighted by molar-refractivity contribution is 0.201. The number of fused-ring (bicyclic) bond motifs is 2. The smallest absolute Gasteiger partial charge is 0.163 e. The van der Waals surface area contributed by atoms with E-state index >= 15 is 0 Å². The van der Waals surface area contributed by atoms with E-state index in [1.54, 1.807) is 29.9 Å². The summed E-state index contributed by atoms with van der Waals surface area (Å²) in [5, 5.41) is 16.5. The summed E-state index contributed by atoms with van der Waals surface area (Å²) in [6.07, 6.45) is 5.62. The van der Waals surface area contributed by atoms with Gasteiger partial charge in [0.1, 0.15) is 5.82 Å². The highest BCUT2D eigenvalue weighted by Gasteiger charge is 2.25. The molecule has 0 radical (unpaired) electrons. The standard InChI is InChI=1S/C23H21FN6O/c1-3-29(20-13-26-19-7-5-4-6-17(19)20)23-21(14(2)31)22-27-18(8-9-30(22)28-23)15-10-16(24)12-25-11-15/h4-14,26,31H,3H2,1-2H3/t14-/m0/s1. The van der Waals surface area contributed by atoms with Gasteiger partial charge >= 0.3 is 0 Å². The van der Waals surface area contributed by atoms with Gasteiger partial charge in [0.15, 0.2) is 11.5 Å². The largest absolute Gasteiger partial charge is 0.388 e. The van der Waals surface area contributed by atoms with Crippen LogP contribution in [0.5, 0.6) is 0 Å². The van der Waals surface area contributed by atoms with Crippen LogP contribution in [-0.4, -0.2) is 36.2 Å². The fourth-order valence-electron chi connectivity index (χ4n) is 3.93. The molecule has 0 unspecified atom stereocenters. The Labute approximate surface area is 177 Å². The number of aromatic nitrogens is 5. The second kappa shape index (κ2) is 7.48. The van der Waals surface area contributed by atoms with Crippen molar-refractivity contribution in [2.45, 2.75) is 20.0 Å². The molecule has 2 N–H and O–H groups in total. The van der Waals surface area contributed by atoms with E-state index in [0.717, 1.165) is 22.8 Å². The van der Waals surface area contributed by atoms with Crippen LogP contribution in [0.25, 0.3) is 27.8 Å². The van der Waals surface area contributed by atoms with E-state index in [1.807, 2.05) is 31.3 Å². The highest BCUT2D eigenvalue weighted by atomic mass is 19.1. The maximum Gasteiger partial charge on any atom is 0.163 e. The lowest BCUT2D eigenvalue weighted by Gasteiger charge is -2.21. The predicted octanol–water partition coefficient (Wildman–Crippen LogP) is 4.62. The van der Waals surface area contributed by atoms with Crippen LogP contribution in [0.4, 0.5) is 15.9 Å². The topological polar surface area (TPSA) is 82.3 Å². The Morgan fingerprint density at radius 1 is 1.23 bits per heavy atom. The third-order valence-electron chi connectivity index (χ3n) is 5.35. The number of benzene rings is 1. The predicted molar refractivity (Wildman–Crippen MR) is 118 cm³/mol. The molecule has 0 bridgehead atoms. The Bertz CT molecular complexity index is 1390. The molecule has 7 nitrogen and oxygen atoms in total. The number of rotatable bonds is 5. The number of anilines is 2. The average Bonchev–Trinajstić information content (AvgIpc) is 3.36. The van der Waals surface area contributed by atoms with Crippen LogP contribution < -0.4 is 4.90 Å². The Morgan fingerprint density at radius 3 is 2.84 bits per heavy atom. The number of pyridine rings is 1. The van der Waals surface area contributed by atoms with Crippen LogP contribution in [0.3, 0.4) is 0 Å². The van der Waals surface area contributed by atoms with E-state index in [0.29, 0.717) is 34.8 Å². The van der Waals surface area contributed by atoms with Gasteiger partial charge < -0.3 is 15.0 Å². The van der Waals surface area contributed by atoms with Crippen molar-refractivity contribution < 1.29 is 9.50 Å². The van der Waals surface area contributed by atoms with Crippen molar-refractivity contribution in [3.8, 4) is 11.3 Å². The first-order valence-corrected chi connectivity index (χ1v) is 10.1. The minimum atomic E-state index is -0.805. The Kier molecular flexibility index (Phi) is 4.63. The average molecular weight is 416 g/mol. The van der Waals surface area contributed by atoms with E-state index in [1.165, 1.54) is 6.07 Å². The molecule has 0 amide bonds. The summed E-state index contributed by atoms with van der Waals surface area (Å²) in [7, 11) is 0. The van der Waals surface area contributed by atoms with Gasteiger partial charge in [-0.1, -0.05) is 18.2 Å². The lowest BCUT2D eigenvalue weighted by Crippen LogP contribution is -2.18. The summed E-state index contributed by atoms with van der Waals surface area (Å²) in [5.74, 6) is 0.199. The van der Waals surface area contributed by atoms with E-state index in [9.17, 15) is 9.50 Å². The van der Waals surface area contributed by atoms with Gasteiger partial charge in [0.05, 0.1) is 29.2 Å². The van der Waals surface area contributed by atoms with Gasteiger partial charge in [0.2, 0.25) is 0 Å². The van der Waals surface area contributed by atoms with Gasteiger partial charge in [-0.3, -0.25) is 4.98 Å². The van der Waals surface area contributed by atoms with Crippen LogP contribution in [0, 0.1) is 5.82 Å². The number of para-hydroxylation sites is 1. The number of aliphatic hydroxyl groups excluding tert-OH is 1. The normalized spacial score (nSPS) is 12.5. The van der Waals surface area contributed by atoms with Gasteiger partial charge in [0, 0.05) is 41.6 Å². The summed E-state index contributed by atoms with van der Waals surface area (Å²) in [6, 6.07) is 11.2. The van der Waals surface area contributed by atoms with Crippen LogP contribution in [0.2, 0.25) is 0 Å². The zero-order valence-electron chi connectivity index (χ0n) is 17.1. The molecule has 0 aliphatic heterocycles. The zero-order valence-corrected chi connectivity index (χ0v) is 17.1. The molecular formula is C23H21FN6O. The molecule has 0 aliphatic carbocycles. The highest BCUT2D eigenvalue weighted by Crippen LogP contribution is 2.37. The molecule has 1 aromatic carbocycles. The SMILES string of the molecule is CCN(c1nn2ccc(-c3cncc(F)c3)nc2c1[C@H](C)O)c1c[nH]c2ccccc12. The van der Waals surface area contributed by atoms with Gasteiger partial charge in [0.25, 0.3) is 0 Å². The number of aliphatic hydroxyl groups is 1. The molecule has 0 aliphatic rings. The molecular weight excluding hydrogens is 395 g/mol. The van der Waals surface area contributed by atoms with Crippen molar-refractivity contribution in [1.29, 1.82) is 0 Å². The van der Waals surface area contributed by atoms with Gasteiger partial charge in [-0.25, -0.2) is 13.9 Å². The molecule has 5 aromatic rings. The highest BCUT2D eigenvalue weighted by molar-refractivity contribution is 5.95. The van der Waals surface area contributed by atoms with Crippen molar-refractivity contribution >= 4 is 28.1 Å². The number of aromatic amines is 1. The van der Waals surface area contributed by atoms with Crippen LogP contribution in [-0.2, 0) is 0 Å². The first-order chi connectivity index (χ1) is 15.1. The maximum atomic E-state index is 13.7. The summed E-state index contributed by atoms with van der Waals surface area (Å²) in [6.45, 7) is 4.38. The third kappa shape index (κ3) is 3.21. The Morgan fingerprint density at radius 2 is 2.06 bits per heavy atom. The number of nitrogens with zero attached hydrogens (tertiary/aromatic N) is 5. The fourth-order valence-corrected chi connectivity index (χ4v) is 3.93. The third-order valence-corrected chi connectivity index (χ3v) is 5.35. The number of hydrogen-bond acceptors (Lipinski definition) is 5. The number of halogens is 1. The lowest BCUT2D eigenvalue weighted by atomic mass is 10.1. The Balaban J connectivity index is 1.70. The van der Waals surface area contributed by atoms with Crippen molar-refractivity contribution in [3.63, 3.8) is 0 Å². The molecule has 0 saturated heterocycles.